The van der Waals surface area contributed by atoms with Gasteiger partial charge in [0.25, 0.3) is 0 Å². The van der Waals surface area contributed by atoms with Crippen LogP contribution in [0.25, 0.3) is 34.3 Å². The number of H-pyrrole nitrogens is 1. The number of nitrogens with zero attached hydrogens (tertiary/aromatic N) is 1. The van der Waals surface area contributed by atoms with Crippen LogP contribution in [0.15, 0.2) is 71.6 Å². The molecule has 1 atom stereocenters. The van der Waals surface area contributed by atoms with E-state index in [-0.39, 0.29) is 0 Å². The Hall–Kier alpha value is -3.22. The summed E-state index contributed by atoms with van der Waals surface area (Å²) >= 11 is 0. The molecule has 0 spiro atoms. The van der Waals surface area contributed by atoms with Crippen LogP contribution in [-0.4, -0.2) is 20.8 Å². The summed E-state index contributed by atoms with van der Waals surface area (Å²) in [5.41, 5.74) is 4.60. The van der Waals surface area contributed by atoms with Gasteiger partial charge in [0, 0.05) is 0 Å². The molecule has 4 rings (SSSR count). The van der Waals surface area contributed by atoms with Crippen molar-refractivity contribution in [1.29, 1.82) is 0 Å². The second kappa shape index (κ2) is 8.43. The number of hydrogen-bond acceptors (Lipinski definition) is 3. The molecule has 3 aromatic carbocycles. The van der Waals surface area contributed by atoms with Crippen LogP contribution < -0.4 is 9.88 Å². The van der Waals surface area contributed by atoms with E-state index in [0.717, 1.165) is 39.3 Å². The van der Waals surface area contributed by atoms with E-state index in [1.54, 1.807) is 6.07 Å². The van der Waals surface area contributed by atoms with Crippen molar-refractivity contribution < 1.29 is 8.95 Å². The lowest BCUT2D eigenvalue weighted by atomic mass is 10.1. The molecular formula is C23H21N3O2S. The Kier molecular flexibility index (Phi) is 5.55. The molecular weight excluding hydrogens is 382 g/mol. The molecule has 0 bridgehead atoms. The minimum atomic E-state index is -1.54. The zero-order valence-electron chi connectivity index (χ0n) is 16.0. The minimum absolute atomic E-state index is 0.612. The third-order valence-electron chi connectivity index (χ3n) is 4.52. The Balaban J connectivity index is 1.64. The minimum Gasteiger partial charge on any atom is -0.494 e. The van der Waals surface area contributed by atoms with Gasteiger partial charge < -0.3 is 9.72 Å². The lowest BCUT2D eigenvalue weighted by Gasteiger charge is -2.06. The van der Waals surface area contributed by atoms with Crippen LogP contribution in [0.4, 0.5) is 0 Å². The van der Waals surface area contributed by atoms with Crippen molar-refractivity contribution >= 4 is 34.2 Å². The molecule has 0 saturated heterocycles. The Morgan fingerprint density at radius 3 is 2.76 bits per heavy atom. The first kappa shape index (κ1) is 19.1. The number of fused-ring (bicyclic) bond motifs is 1. The number of imidazole rings is 1. The van der Waals surface area contributed by atoms with Gasteiger partial charge in [-0.1, -0.05) is 42.5 Å². The molecule has 1 unspecified atom stereocenters. The standard InChI is InChI=1S/C23H21N3O2S/c1-2-28-18-7-5-6-16(14-18)10-13-23-25-20-12-11-17(15-21(20)26-23)19-8-3-4-9-22(19)29(24)27/h3-15H,2,24H2,1H3,(H,25,26)/b13-10+. The van der Waals surface area contributed by atoms with E-state index in [2.05, 4.69) is 9.97 Å². The number of hydrogen-bond donors (Lipinski definition) is 2. The molecule has 0 aliphatic carbocycles. The van der Waals surface area contributed by atoms with Crippen molar-refractivity contribution in [2.75, 3.05) is 6.61 Å². The molecule has 0 aliphatic rings. The molecule has 6 heteroatoms. The van der Waals surface area contributed by atoms with Gasteiger partial charge in [-0.3, -0.25) is 0 Å². The van der Waals surface area contributed by atoms with E-state index >= 15 is 0 Å². The number of rotatable bonds is 6. The quantitative estimate of drug-likeness (QED) is 0.486. The van der Waals surface area contributed by atoms with Crippen molar-refractivity contribution in [1.82, 2.24) is 9.97 Å². The summed E-state index contributed by atoms with van der Waals surface area (Å²) in [5, 5.41) is 5.63. The summed E-state index contributed by atoms with van der Waals surface area (Å²) in [6, 6.07) is 21.3. The highest BCUT2D eigenvalue weighted by Crippen LogP contribution is 2.28. The Bertz CT molecular complexity index is 1210. The second-order valence-electron chi connectivity index (χ2n) is 6.49. The summed E-state index contributed by atoms with van der Waals surface area (Å²) in [7, 11) is -1.54. The van der Waals surface area contributed by atoms with Crippen LogP contribution in [0.5, 0.6) is 5.75 Å². The first-order chi connectivity index (χ1) is 14.1. The van der Waals surface area contributed by atoms with Crippen LogP contribution in [0.2, 0.25) is 0 Å². The highest BCUT2D eigenvalue weighted by molar-refractivity contribution is 7.82. The molecule has 3 N–H and O–H groups in total. The molecule has 1 aromatic heterocycles. The van der Waals surface area contributed by atoms with Crippen molar-refractivity contribution in [3.63, 3.8) is 0 Å². The van der Waals surface area contributed by atoms with Crippen molar-refractivity contribution in [2.24, 2.45) is 5.14 Å². The van der Waals surface area contributed by atoms with Crippen molar-refractivity contribution in [3.05, 3.63) is 78.1 Å². The molecule has 29 heavy (non-hydrogen) atoms. The van der Waals surface area contributed by atoms with Crippen LogP contribution in [0.1, 0.15) is 18.3 Å². The third-order valence-corrected chi connectivity index (χ3v) is 5.31. The molecule has 146 valence electrons. The molecule has 0 radical (unpaired) electrons. The number of aromatic nitrogens is 2. The van der Waals surface area contributed by atoms with Gasteiger partial charge in [-0.2, -0.15) is 0 Å². The number of nitrogens with one attached hydrogen (secondary N) is 1. The third kappa shape index (κ3) is 4.29. The number of ether oxygens (including phenoxy) is 1. The monoisotopic (exact) mass is 403 g/mol. The molecule has 0 fully saturated rings. The highest BCUT2D eigenvalue weighted by Gasteiger charge is 2.10. The number of nitrogens with two attached hydrogens (primary N) is 1. The molecule has 4 aromatic rings. The van der Waals surface area contributed by atoms with Gasteiger partial charge in [0.05, 0.1) is 22.5 Å². The molecule has 1 heterocycles. The van der Waals surface area contributed by atoms with Crippen LogP contribution >= 0.6 is 0 Å². The first-order valence-electron chi connectivity index (χ1n) is 9.30. The highest BCUT2D eigenvalue weighted by atomic mass is 32.2. The summed E-state index contributed by atoms with van der Waals surface area (Å²) in [4.78, 5) is 8.56. The average Bonchev–Trinajstić information content (AvgIpc) is 3.15. The molecule has 0 saturated carbocycles. The fraction of sp³-hybridized carbons (Fsp3) is 0.0870. The molecule has 0 amide bonds. The average molecular weight is 404 g/mol. The van der Waals surface area contributed by atoms with E-state index in [0.29, 0.717) is 11.5 Å². The zero-order chi connectivity index (χ0) is 20.2. The van der Waals surface area contributed by atoms with Gasteiger partial charge in [0.1, 0.15) is 22.6 Å². The summed E-state index contributed by atoms with van der Waals surface area (Å²) < 4.78 is 17.4. The maximum Gasteiger partial charge on any atom is 0.131 e. The lowest BCUT2D eigenvalue weighted by molar-refractivity contribution is 0.340. The van der Waals surface area contributed by atoms with Gasteiger partial charge in [0.2, 0.25) is 0 Å². The van der Waals surface area contributed by atoms with Gasteiger partial charge >= 0.3 is 0 Å². The van der Waals surface area contributed by atoms with Crippen molar-refractivity contribution in [3.8, 4) is 16.9 Å². The van der Waals surface area contributed by atoms with E-state index in [1.165, 1.54) is 0 Å². The van der Waals surface area contributed by atoms with E-state index < -0.39 is 11.0 Å². The normalized spacial score (nSPS) is 12.5. The van der Waals surface area contributed by atoms with Crippen LogP contribution in [-0.2, 0) is 11.0 Å². The molecule has 5 nitrogen and oxygen atoms in total. The van der Waals surface area contributed by atoms with E-state index in [4.69, 9.17) is 9.88 Å². The van der Waals surface area contributed by atoms with Gasteiger partial charge in [-0.25, -0.2) is 14.3 Å². The van der Waals surface area contributed by atoms with Gasteiger partial charge in [0.15, 0.2) is 0 Å². The Morgan fingerprint density at radius 2 is 1.93 bits per heavy atom. The summed E-state index contributed by atoms with van der Waals surface area (Å²) in [6.45, 7) is 2.61. The van der Waals surface area contributed by atoms with E-state index in [1.807, 2.05) is 79.7 Å². The zero-order valence-corrected chi connectivity index (χ0v) is 16.8. The summed E-state index contributed by atoms with van der Waals surface area (Å²) in [5.74, 6) is 1.61. The summed E-state index contributed by atoms with van der Waals surface area (Å²) in [6.07, 6.45) is 3.93. The fourth-order valence-electron chi connectivity index (χ4n) is 3.21. The van der Waals surface area contributed by atoms with Crippen LogP contribution in [0, 0.1) is 0 Å². The maximum absolute atomic E-state index is 11.8. The van der Waals surface area contributed by atoms with Gasteiger partial charge in [-0.15, -0.1) is 0 Å². The first-order valence-corrected chi connectivity index (χ1v) is 10.5. The Labute approximate surface area is 171 Å². The van der Waals surface area contributed by atoms with E-state index in [9.17, 15) is 4.21 Å². The largest absolute Gasteiger partial charge is 0.494 e. The lowest BCUT2D eigenvalue weighted by Crippen LogP contribution is -2.04. The van der Waals surface area contributed by atoms with Gasteiger partial charge in [-0.05, 0) is 60.0 Å². The van der Waals surface area contributed by atoms with Crippen LogP contribution in [0.3, 0.4) is 0 Å². The SMILES string of the molecule is CCOc1cccc(/C=C/c2nc3ccc(-c4ccccc4S(N)=O)cc3[nH]2)c1. The Morgan fingerprint density at radius 1 is 1.07 bits per heavy atom. The number of benzene rings is 3. The second-order valence-corrected chi connectivity index (χ2v) is 7.52. The fourth-order valence-corrected chi connectivity index (χ4v) is 3.82. The predicted molar refractivity (Wildman–Crippen MR) is 119 cm³/mol. The topological polar surface area (TPSA) is 81.0 Å². The van der Waals surface area contributed by atoms with Crippen molar-refractivity contribution in [2.45, 2.75) is 11.8 Å². The molecule has 0 aliphatic heterocycles. The number of aromatic amines is 1. The smallest absolute Gasteiger partial charge is 0.131 e. The maximum atomic E-state index is 11.8. The predicted octanol–water partition coefficient (Wildman–Crippen LogP) is 4.78.